The molecule has 2 aliphatic rings. The van der Waals surface area contributed by atoms with Gasteiger partial charge in [0.25, 0.3) is 5.91 Å². The SMILES string of the molecule is C[C@@H]1CNC(=O)c2cc(B3OC(C)(C)C(C)(C)O3)cn21. The zero-order valence-corrected chi connectivity index (χ0v) is 12.7. The molecule has 3 rings (SSSR count). The second kappa shape index (κ2) is 4.12. The Morgan fingerprint density at radius 2 is 1.90 bits per heavy atom. The topological polar surface area (TPSA) is 52.5 Å². The van der Waals surface area contributed by atoms with Crippen molar-refractivity contribution in [3.05, 3.63) is 18.0 Å². The molecule has 20 heavy (non-hydrogen) atoms. The maximum Gasteiger partial charge on any atom is 0.496 e. The quantitative estimate of drug-likeness (QED) is 0.781. The highest BCUT2D eigenvalue weighted by molar-refractivity contribution is 6.62. The summed E-state index contributed by atoms with van der Waals surface area (Å²) >= 11 is 0. The summed E-state index contributed by atoms with van der Waals surface area (Å²) in [4.78, 5) is 11.9. The predicted molar refractivity (Wildman–Crippen MR) is 77.2 cm³/mol. The molecule has 5 nitrogen and oxygen atoms in total. The van der Waals surface area contributed by atoms with Gasteiger partial charge in [0.1, 0.15) is 5.69 Å². The Kier molecular flexibility index (Phi) is 2.82. The van der Waals surface area contributed by atoms with Crippen LogP contribution in [0.1, 0.15) is 51.1 Å². The minimum absolute atomic E-state index is 0.0362. The lowest BCUT2D eigenvalue weighted by Gasteiger charge is -2.32. The number of carbonyl (C=O) groups is 1. The smallest absolute Gasteiger partial charge is 0.399 e. The van der Waals surface area contributed by atoms with Crippen molar-refractivity contribution in [2.45, 2.75) is 51.9 Å². The third-order valence-electron chi connectivity index (χ3n) is 4.66. The van der Waals surface area contributed by atoms with E-state index < -0.39 is 7.12 Å². The Labute approximate surface area is 119 Å². The molecular formula is C14H21BN2O3. The molecule has 2 aliphatic heterocycles. The highest BCUT2D eigenvalue weighted by Crippen LogP contribution is 2.36. The highest BCUT2D eigenvalue weighted by atomic mass is 16.7. The Balaban J connectivity index is 1.94. The lowest BCUT2D eigenvalue weighted by molar-refractivity contribution is 0.00578. The van der Waals surface area contributed by atoms with E-state index in [9.17, 15) is 4.79 Å². The van der Waals surface area contributed by atoms with Crippen molar-refractivity contribution < 1.29 is 14.1 Å². The van der Waals surface area contributed by atoms with Crippen molar-refractivity contribution in [1.29, 1.82) is 0 Å². The molecule has 0 unspecified atom stereocenters. The van der Waals surface area contributed by atoms with Crippen LogP contribution in [0.3, 0.4) is 0 Å². The van der Waals surface area contributed by atoms with Crippen LogP contribution in [0.2, 0.25) is 0 Å². The van der Waals surface area contributed by atoms with Crippen LogP contribution in [-0.2, 0) is 9.31 Å². The molecule has 1 aromatic heterocycles. The molecule has 1 fully saturated rings. The second-order valence-corrected chi connectivity index (χ2v) is 6.71. The molecule has 6 heteroatoms. The molecule has 0 aromatic carbocycles. The van der Waals surface area contributed by atoms with E-state index in [0.717, 1.165) is 5.46 Å². The number of hydrogen-bond donors (Lipinski definition) is 1. The van der Waals surface area contributed by atoms with Crippen LogP contribution in [0, 0.1) is 0 Å². The van der Waals surface area contributed by atoms with Crippen molar-refractivity contribution in [2.75, 3.05) is 6.54 Å². The molecule has 108 valence electrons. The number of hydrogen-bond acceptors (Lipinski definition) is 3. The molecule has 0 aliphatic carbocycles. The molecule has 1 saturated heterocycles. The van der Waals surface area contributed by atoms with Gasteiger partial charge in [0.2, 0.25) is 0 Å². The third kappa shape index (κ3) is 1.90. The molecular weight excluding hydrogens is 255 g/mol. The summed E-state index contributed by atoms with van der Waals surface area (Å²) in [5, 5.41) is 2.88. The van der Waals surface area contributed by atoms with E-state index in [-0.39, 0.29) is 23.2 Å². The van der Waals surface area contributed by atoms with E-state index in [4.69, 9.17) is 9.31 Å². The van der Waals surface area contributed by atoms with Crippen LogP contribution in [0.4, 0.5) is 0 Å². The summed E-state index contributed by atoms with van der Waals surface area (Å²) in [7, 11) is -0.418. The van der Waals surface area contributed by atoms with E-state index in [1.807, 2.05) is 44.5 Å². The zero-order valence-electron chi connectivity index (χ0n) is 12.7. The number of aromatic nitrogens is 1. The van der Waals surface area contributed by atoms with Crippen LogP contribution in [0.5, 0.6) is 0 Å². The third-order valence-corrected chi connectivity index (χ3v) is 4.66. The number of nitrogens with zero attached hydrogens (tertiary/aromatic N) is 1. The fourth-order valence-corrected chi connectivity index (χ4v) is 2.58. The summed E-state index contributed by atoms with van der Waals surface area (Å²) in [6.45, 7) is 10.8. The van der Waals surface area contributed by atoms with Gasteiger partial charge in [-0.15, -0.1) is 0 Å². The van der Waals surface area contributed by atoms with Crippen LogP contribution in [0.25, 0.3) is 0 Å². The summed E-state index contributed by atoms with van der Waals surface area (Å²) < 4.78 is 14.1. The molecule has 1 amide bonds. The first-order valence-corrected chi connectivity index (χ1v) is 7.07. The Morgan fingerprint density at radius 3 is 2.45 bits per heavy atom. The van der Waals surface area contributed by atoms with Gasteiger partial charge in [-0.2, -0.15) is 0 Å². The predicted octanol–water partition coefficient (Wildman–Crippen LogP) is 1.09. The molecule has 3 heterocycles. The van der Waals surface area contributed by atoms with Crippen molar-refractivity contribution in [3.8, 4) is 0 Å². The largest absolute Gasteiger partial charge is 0.496 e. The van der Waals surface area contributed by atoms with Crippen LogP contribution in [-0.4, -0.2) is 35.3 Å². The lowest BCUT2D eigenvalue weighted by atomic mass is 9.81. The van der Waals surface area contributed by atoms with Crippen LogP contribution >= 0.6 is 0 Å². The summed E-state index contributed by atoms with van der Waals surface area (Å²) in [6, 6.07) is 2.12. The van der Waals surface area contributed by atoms with Crippen molar-refractivity contribution >= 4 is 18.5 Å². The minimum Gasteiger partial charge on any atom is -0.399 e. The monoisotopic (exact) mass is 276 g/mol. The van der Waals surface area contributed by atoms with Gasteiger partial charge in [0.15, 0.2) is 0 Å². The first kappa shape index (κ1) is 13.7. The molecule has 1 atom stereocenters. The number of nitrogens with one attached hydrogen (secondary N) is 1. The zero-order chi connectivity index (χ0) is 14.7. The lowest BCUT2D eigenvalue weighted by Crippen LogP contribution is -2.41. The molecule has 1 aromatic rings. The fourth-order valence-electron chi connectivity index (χ4n) is 2.58. The maximum absolute atomic E-state index is 11.9. The van der Waals surface area contributed by atoms with Gasteiger partial charge in [-0.1, -0.05) is 0 Å². The minimum atomic E-state index is -0.418. The summed E-state index contributed by atoms with van der Waals surface area (Å²) in [5.74, 6) is -0.0362. The van der Waals surface area contributed by atoms with Crippen LogP contribution < -0.4 is 10.8 Å². The average molecular weight is 276 g/mol. The average Bonchev–Trinajstić information content (AvgIpc) is 2.86. The molecule has 0 spiro atoms. The number of amides is 1. The van der Waals surface area contributed by atoms with Gasteiger partial charge in [-0.05, 0) is 40.7 Å². The molecule has 0 bridgehead atoms. The molecule has 0 radical (unpaired) electrons. The normalized spacial score (nSPS) is 27.4. The number of rotatable bonds is 1. The van der Waals surface area contributed by atoms with Crippen molar-refractivity contribution in [3.63, 3.8) is 0 Å². The van der Waals surface area contributed by atoms with E-state index in [1.54, 1.807) is 0 Å². The van der Waals surface area contributed by atoms with Gasteiger partial charge in [0, 0.05) is 24.2 Å². The summed E-state index contributed by atoms with van der Waals surface area (Å²) in [5.41, 5.74) is 0.845. The van der Waals surface area contributed by atoms with Crippen molar-refractivity contribution in [2.24, 2.45) is 0 Å². The Morgan fingerprint density at radius 1 is 1.30 bits per heavy atom. The Bertz CT molecular complexity index is 549. The van der Waals surface area contributed by atoms with E-state index in [1.165, 1.54) is 0 Å². The highest BCUT2D eigenvalue weighted by Gasteiger charge is 2.52. The number of carbonyl (C=O) groups excluding carboxylic acids is 1. The molecule has 0 saturated carbocycles. The van der Waals surface area contributed by atoms with Gasteiger partial charge in [-0.3, -0.25) is 4.79 Å². The van der Waals surface area contributed by atoms with E-state index in [2.05, 4.69) is 12.2 Å². The van der Waals surface area contributed by atoms with Gasteiger partial charge >= 0.3 is 7.12 Å². The first-order chi connectivity index (χ1) is 9.21. The maximum atomic E-state index is 11.9. The first-order valence-electron chi connectivity index (χ1n) is 7.07. The van der Waals surface area contributed by atoms with Gasteiger partial charge in [-0.25, -0.2) is 0 Å². The molecule has 1 N–H and O–H groups in total. The van der Waals surface area contributed by atoms with Gasteiger partial charge in [0.05, 0.1) is 11.2 Å². The van der Waals surface area contributed by atoms with E-state index >= 15 is 0 Å². The van der Waals surface area contributed by atoms with E-state index in [0.29, 0.717) is 12.2 Å². The number of fused-ring (bicyclic) bond motifs is 1. The Hall–Kier alpha value is -1.27. The fraction of sp³-hybridized carbons (Fsp3) is 0.643. The standard InChI is InChI=1S/C14H21BN2O3/c1-9-7-16-12(18)11-6-10(8-17(9)11)15-19-13(2,3)14(4,5)20-15/h6,8-9H,7H2,1-5H3,(H,16,18)/t9-/m1/s1. The second-order valence-electron chi connectivity index (χ2n) is 6.71. The van der Waals surface area contributed by atoms with Crippen molar-refractivity contribution in [1.82, 2.24) is 9.88 Å². The van der Waals surface area contributed by atoms with Gasteiger partial charge < -0.3 is 19.2 Å². The van der Waals surface area contributed by atoms with Crippen LogP contribution in [0.15, 0.2) is 12.3 Å². The summed E-state index contributed by atoms with van der Waals surface area (Å²) in [6.07, 6.45) is 1.97.